The Hall–Kier alpha value is -2.92. The smallest absolute Gasteiger partial charge is 0.246 e. The Morgan fingerprint density at radius 3 is 2.36 bits per heavy atom. The first-order valence-corrected chi connectivity index (χ1v) is 12.0. The van der Waals surface area contributed by atoms with Gasteiger partial charge in [-0.25, -0.2) is 0 Å². The maximum Gasteiger partial charge on any atom is 0.246 e. The van der Waals surface area contributed by atoms with E-state index in [1.807, 2.05) is 41.3 Å². The standard InChI is InChI=1S/C28H35N3O2/c1-28(2,31-19-16-23-10-6-7-11-25(23)20-31)21-29-27(33)24-14-17-30(18-15-24)26(32)13-12-22-8-4-3-5-9-22/h3-13,24H,14-21H2,1-2H3,(H,29,33)/b13-12+. The highest BCUT2D eigenvalue weighted by Crippen LogP contribution is 2.25. The number of benzene rings is 2. The van der Waals surface area contributed by atoms with Gasteiger partial charge in [-0.1, -0.05) is 54.6 Å². The Morgan fingerprint density at radius 1 is 0.970 bits per heavy atom. The lowest BCUT2D eigenvalue weighted by molar-refractivity contribution is -0.132. The van der Waals surface area contributed by atoms with Gasteiger partial charge in [0.1, 0.15) is 0 Å². The summed E-state index contributed by atoms with van der Waals surface area (Å²) in [5, 5.41) is 3.21. The van der Waals surface area contributed by atoms with Crippen LogP contribution in [0.5, 0.6) is 0 Å². The molecule has 1 N–H and O–H groups in total. The number of hydrogen-bond donors (Lipinski definition) is 1. The van der Waals surface area contributed by atoms with Gasteiger partial charge in [0.15, 0.2) is 0 Å². The van der Waals surface area contributed by atoms with E-state index in [0.717, 1.165) is 25.1 Å². The molecule has 2 heterocycles. The molecule has 4 rings (SSSR count). The van der Waals surface area contributed by atoms with Gasteiger partial charge in [0, 0.05) is 50.3 Å². The van der Waals surface area contributed by atoms with E-state index in [1.54, 1.807) is 6.08 Å². The lowest BCUT2D eigenvalue weighted by Gasteiger charge is -2.42. The van der Waals surface area contributed by atoms with Crippen LogP contribution in [0, 0.1) is 5.92 Å². The molecule has 1 saturated heterocycles. The molecule has 0 spiro atoms. The van der Waals surface area contributed by atoms with Crippen molar-refractivity contribution in [2.24, 2.45) is 5.92 Å². The van der Waals surface area contributed by atoms with Crippen molar-refractivity contribution in [3.63, 3.8) is 0 Å². The quantitative estimate of drug-likeness (QED) is 0.687. The number of nitrogens with one attached hydrogen (secondary N) is 1. The summed E-state index contributed by atoms with van der Waals surface area (Å²) < 4.78 is 0. The molecule has 0 unspecified atom stereocenters. The van der Waals surface area contributed by atoms with Gasteiger partial charge in [-0.2, -0.15) is 0 Å². The van der Waals surface area contributed by atoms with Crippen molar-refractivity contribution in [2.45, 2.75) is 45.2 Å². The minimum atomic E-state index is -0.109. The van der Waals surface area contributed by atoms with E-state index in [9.17, 15) is 9.59 Å². The van der Waals surface area contributed by atoms with Crippen molar-refractivity contribution in [1.29, 1.82) is 0 Å². The Kier molecular flexibility index (Phi) is 7.29. The highest BCUT2D eigenvalue weighted by Gasteiger charge is 2.32. The normalized spacial score (nSPS) is 17.7. The average molecular weight is 446 g/mol. The lowest BCUT2D eigenvalue weighted by atomic mass is 9.93. The molecular weight excluding hydrogens is 410 g/mol. The van der Waals surface area contributed by atoms with E-state index in [-0.39, 0.29) is 23.3 Å². The minimum absolute atomic E-state index is 0.0178. The second-order valence-electron chi connectivity index (χ2n) is 9.81. The molecular formula is C28H35N3O2. The molecule has 5 nitrogen and oxygen atoms in total. The molecule has 2 aliphatic heterocycles. The van der Waals surface area contributed by atoms with Crippen molar-refractivity contribution in [1.82, 2.24) is 15.1 Å². The molecule has 2 amide bonds. The third-order valence-corrected chi connectivity index (χ3v) is 7.08. The molecule has 0 bridgehead atoms. The number of piperidine rings is 1. The van der Waals surface area contributed by atoms with Crippen LogP contribution in [0.25, 0.3) is 6.08 Å². The van der Waals surface area contributed by atoms with Gasteiger partial charge in [-0.15, -0.1) is 0 Å². The topological polar surface area (TPSA) is 52.7 Å². The maximum absolute atomic E-state index is 12.9. The van der Waals surface area contributed by atoms with Crippen LogP contribution in [0.3, 0.4) is 0 Å². The third-order valence-electron chi connectivity index (χ3n) is 7.08. The number of rotatable bonds is 6. The van der Waals surface area contributed by atoms with E-state index in [0.29, 0.717) is 32.5 Å². The molecule has 174 valence electrons. The summed E-state index contributed by atoms with van der Waals surface area (Å²) in [6, 6.07) is 18.5. The monoisotopic (exact) mass is 445 g/mol. The Labute approximate surface area is 197 Å². The Balaban J connectivity index is 1.23. The van der Waals surface area contributed by atoms with E-state index in [4.69, 9.17) is 0 Å². The molecule has 1 fully saturated rings. The average Bonchev–Trinajstić information content (AvgIpc) is 2.86. The number of likely N-dealkylation sites (tertiary alicyclic amines) is 1. The predicted octanol–water partition coefficient (Wildman–Crippen LogP) is 3.89. The van der Waals surface area contributed by atoms with Crippen LogP contribution in [0.15, 0.2) is 60.7 Å². The summed E-state index contributed by atoms with van der Waals surface area (Å²) in [6.07, 6.45) is 5.97. The van der Waals surface area contributed by atoms with Crippen LogP contribution in [0.1, 0.15) is 43.4 Å². The molecule has 0 aliphatic carbocycles. The van der Waals surface area contributed by atoms with Crippen LogP contribution < -0.4 is 5.32 Å². The van der Waals surface area contributed by atoms with Gasteiger partial charge >= 0.3 is 0 Å². The van der Waals surface area contributed by atoms with Crippen LogP contribution in [0.4, 0.5) is 0 Å². The molecule has 33 heavy (non-hydrogen) atoms. The second kappa shape index (κ2) is 10.3. The SMILES string of the molecule is CC(C)(CNC(=O)C1CCN(C(=O)/C=C/c2ccccc2)CC1)N1CCc2ccccc2C1. The summed E-state index contributed by atoms with van der Waals surface area (Å²) >= 11 is 0. The van der Waals surface area contributed by atoms with Crippen molar-refractivity contribution in [3.05, 3.63) is 77.4 Å². The van der Waals surface area contributed by atoms with Gasteiger partial charge < -0.3 is 10.2 Å². The maximum atomic E-state index is 12.9. The van der Waals surface area contributed by atoms with E-state index in [1.165, 1.54) is 11.1 Å². The van der Waals surface area contributed by atoms with Crippen molar-refractivity contribution >= 4 is 17.9 Å². The molecule has 0 saturated carbocycles. The molecule has 2 aromatic rings. The van der Waals surface area contributed by atoms with Gasteiger partial charge in [0.25, 0.3) is 0 Å². The fourth-order valence-corrected chi connectivity index (χ4v) is 4.77. The summed E-state index contributed by atoms with van der Waals surface area (Å²) in [6.45, 7) is 8.24. The lowest BCUT2D eigenvalue weighted by Crippen LogP contribution is -2.54. The second-order valence-corrected chi connectivity index (χ2v) is 9.81. The first kappa shape index (κ1) is 23.2. The van der Waals surface area contributed by atoms with E-state index >= 15 is 0 Å². The van der Waals surface area contributed by atoms with Gasteiger partial charge in [-0.05, 0) is 55.9 Å². The number of hydrogen-bond acceptors (Lipinski definition) is 3. The number of carbonyl (C=O) groups is 2. The number of carbonyl (C=O) groups excluding carboxylic acids is 2. The fraction of sp³-hybridized carbons (Fsp3) is 0.429. The van der Waals surface area contributed by atoms with Gasteiger partial charge in [0.2, 0.25) is 11.8 Å². The Morgan fingerprint density at radius 2 is 1.64 bits per heavy atom. The van der Waals surface area contributed by atoms with E-state index in [2.05, 4.69) is 48.3 Å². The summed E-state index contributed by atoms with van der Waals surface area (Å²) in [7, 11) is 0. The number of fused-ring (bicyclic) bond motifs is 1. The molecule has 0 aromatic heterocycles. The predicted molar refractivity (Wildman–Crippen MR) is 132 cm³/mol. The molecule has 2 aliphatic rings. The molecule has 0 radical (unpaired) electrons. The molecule has 2 aromatic carbocycles. The van der Waals surface area contributed by atoms with Gasteiger partial charge in [-0.3, -0.25) is 14.5 Å². The van der Waals surface area contributed by atoms with Crippen LogP contribution in [-0.4, -0.2) is 53.3 Å². The molecule has 5 heteroatoms. The zero-order valence-corrected chi connectivity index (χ0v) is 19.8. The minimum Gasteiger partial charge on any atom is -0.354 e. The van der Waals surface area contributed by atoms with E-state index < -0.39 is 0 Å². The fourth-order valence-electron chi connectivity index (χ4n) is 4.77. The van der Waals surface area contributed by atoms with Crippen LogP contribution >= 0.6 is 0 Å². The first-order valence-electron chi connectivity index (χ1n) is 12.0. The van der Waals surface area contributed by atoms with Crippen molar-refractivity contribution in [2.75, 3.05) is 26.2 Å². The van der Waals surface area contributed by atoms with Crippen molar-refractivity contribution in [3.8, 4) is 0 Å². The van der Waals surface area contributed by atoms with Crippen LogP contribution in [-0.2, 0) is 22.6 Å². The van der Waals surface area contributed by atoms with Gasteiger partial charge in [0.05, 0.1) is 0 Å². The first-order chi connectivity index (χ1) is 15.9. The summed E-state index contributed by atoms with van der Waals surface area (Å²) in [5.41, 5.74) is 3.73. The highest BCUT2D eigenvalue weighted by atomic mass is 16.2. The zero-order valence-electron chi connectivity index (χ0n) is 19.8. The Bertz CT molecular complexity index is 991. The summed E-state index contributed by atoms with van der Waals surface area (Å²) in [5.74, 6) is 0.113. The number of amides is 2. The van der Waals surface area contributed by atoms with Crippen molar-refractivity contribution < 1.29 is 9.59 Å². The highest BCUT2D eigenvalue weighted by molar-refractivity contribution is 5.92. The molecule has 0 atom stereocenters. The largest absolute Gasteiger partial charge is 0.354 e. The van der Waals surface area contributed by atoms with Crippen LogP contribution in [0.2, 0.25) is 0 Å². The zero-order chi connectivity index (χ0) is 23.3. The summed E-state index contributed by atoms with van der Waals surface area (Å²) in [4.78, 5) is 29.7. The number of nitrogens with zero attached hydrogens (tertiary/aromatic N) is 2. The third kappa shape index (κ3) is 5.91.